The highest BCUT2D eigenvalue weighted by atomic mass is 16.3. The van der Waals surface area contributed by atoms with Gasteiger partial charge in [-0.1, -0.05) is 12.1 Å². The zero-order valence-corrected chi connectivity index (χ0v) is 10.1. The van der Waals surface area contributed by atoms with Gasteiger partial charge in [-0.05, 0) is 30.3 Å². The second kappa shape index (κ2) is 4.49. The summed E-state index contributed by atoms with van der Waals surface area (Å²) in [6, 6.07) is 13.9. The summed E-state index contributed by atoms with van der Waals surface area (Å²) in [6.07, 6.45) is 1.80. The molecule has 3 aromatic rings. The van der Waals surface area contributed by atoms with Crippen LogP contribution in [0.4, 0.5) is 5.69 Å². The molecule has 1 amide bonds. The summed E-state index contributed by atoms with van der Waals surface area (Å²) in [5.74, 6) is -0.0755. The average molecular weight is 252 g/mol. The highest BCUT2D eigenvalue weighted by molar-refractivity contribution is 6.12. The Morgan fingerprint density at radius 2 is 1.95 bits per heavy atom. The normalized spacial score (nSPS) is 10.5. The molecule has 0 unspecified atom stereocenters. The molecule has 0 saturated heterocycles. The summed E-state index contributed by atoms with van der Waals surface area (Å²) in [4.78, 5) is 15.3. The number of aromatic nitrogens is 1. The van der Waals surface area contributed by atoms with Crippen LogP contribution in [-0.4, -0.2) is 16.0 Å². The van der Waals surface area contributed by atoms with Crippen LogP contribution < -0.4 is 5.32 Å². The van der Waals surface area contributed by atoms with E-state index in [1.165, 1.54) is 6.07 Å². The Morgan fingerprint density at radius 3 is 2.79 bits per heavy atom. The van der Waals surface area contributed by atoms with E-state index in [9.17, 15) is 9.90 Å². The molecule has 4 heteroatoms. The number of hydrogen-bond donors (Lipinski definition) is 3. The van der Waals surface area contributed by atoms with Gasteiger partial charge in [0.05, 0.1) is 0 Å². The number of aromatic amines is 1. The summed E-state index contributed by atoms with van der Waals surface area (Å²) in [5.41, 5.74) is 2.09. The van der Waals surface area contributed by atoms with Gasteiger partial charge in [-0.15, -0.1) is 0 Å². The molecular formula is C15H12N2O2. The molecule has 3 N–H and O–H groups in total. The van der Waals surface area contributed by atoms with Gasteiger partial charge in [-0.3, -0.25) is 4.79 Å². The maximum Gasteiger partial charge on any atom is 0.256 e. The van der Waals surface area contributed by atoms with Gasteiger partial charge in [0.1, 0.15) is 5.75 Å². The molecule has 94 valence electrons. The number of benzene rings is 2. The molecule has 0 aliphatic heterocycles. The van der Waals surface area contributed by atoms with E-state index in [1.807, 2.05) is 18.2 Å². The molecule has 4 nitrogen and oxygen atoms in total. The van der Waals surface area contributed by atoms with Crippen molar-refractivity contribution < 1.29 is 9.90 Å². The van der Waals surface area contributed by atoms with Crippen LogP contribution in [0.5, 0.6) is 5.75 Å². The molecule has 0 spiro atoms. The third-order valence-electron chi connectivity index (χ3n) is 2.94. The van der Waals surface area contributed by atoms with Crippen LogP contribution in [0.15, 0.2) is 54.7 Å². The summed E-state index contributed by atoms with van der Waals surface area (Å²) in [6.45, 7) is 0. The zero-order chi connectivity index (χ0) is 13.2. The molecule has 0 aliphatic rings. The summed E-state index contributed by atoms with van der Waals surface area (Å²) in [5, 5.41) is 13.0. The Bertz CT molecular complexity index is 746. The largest absolute Gasteiger partial charge is 0.508 e. The monoisotopic (exact) mass is 252 g/mol. The van der Waals surface area contributed by atoms with Crippen molar-refractivity contribution in [1.82, 2.24) is 4.98 Å². The standard InChI is InChI=1S/C15H12N2O2/c18-11-4-1-3-10(9-11)17-15(19)13-5-2-6-14-12(13)7-8-16-14/h1-9,16,18H,(H,17,19). The lowest BCUT2D eigenvalue weighted by Crippen LogP contribution is -2.11. The fraction of sp³-hybridized carbons (Fsp3) is 0. The molecule has 0 aliphatic carbocycles. The second-order valence-corrected chi connectivity index (χ2v) is 4.25. The van der Waals surface area contributed by atoms with E-state index in [1.54, 1.807) is 30.5 Å². The van der Waals surface area contributed by atoms with Gasteiger partial charge in [0.25, 0.3) is 5.91 Å². The van der Waals surface area contributed by atoms with E-state index < -0.39 is 0 Å². The van der Waals surface area contributed by atoms with Gasteiger partial charge in [0.15, 0.2) is 0 Å². The number of nitrogens with one attached hydrogen (secondary N) is 2. The molecule has 0 fully saturated rings. The number of hydrogen-bond acceptors (Lipinski definition) is 2. The van der Waals surface area contributed by atoms with Crippen LogP contribution in [0.3, 0.4) is 0 Å². The van der Waals surface area contributed by atoms with Crippen molar-refractivity contribution in [3.63, 3.8) is 0 Å². The maximum absolute atomic E-state index is 12.2. The fourth-order valence-electron chi connectivity index (χ4n) is 2.07. The van der Waals surface area contributed by atoms with E-state index >= 15 is 0 Å². The first-order valence-electron chi connectivity index (χ1n) is 5.90. The first-order chi connectivity index (χ1) is 9.24. The average Bonchev–Trinajstić information content (AvgIpc) is 2.86. The topological polar surface area (TPSA) is 65.1 Å². The smallest absolute Gasteiger partial charge is 0.256 e. The first-order valence-corrected chi connectivity index (χ1v) is 5.90. The SMILES string of the molecule is O=C(Nc1cccc(O)c1)c1cccc2[nH]ccc12. The molecule has 2 aromatic carbocycles. The van der Waals surface area contributed by atoms with Crippen molar-refractivity contribution in [3.05, 3.63) is 60.3 Å². The number of amides is 1. The number of aromatic hydroxyl groups is 1. The summed E-state index contributed by atoms with van der Waals surface area (Å²) in [7, 11) is 0. The van der Waals surface area contributed by atoms with Gasteiger partial charge in [0, 0.05) is 34.4 Å². The molecule has 0 bridgehead atoms. The lowest BCUT2D eigenvalue weighted by atomic mass is 10.1. The lowest BCUT2D eigenvalue weighted by Gasteiger charge is -2.06. The quantitative estimate of drug-likeness (QED) is 0.656. The van der Waals surface area contributed by atoms with Crippen LogP contribution in [0.1, 0.15) is 10.4 Å². The highest BCUT2D eigenvalue weighted by Crippen LogP contribution is 2.20. The highest BCUT2D eigenvalue weighted by Gasteiger charge is 2.10. The Balaban J connectivity index is 1.94. The van der Waals surface area contributed by atoms with E-state index in [0.29, 0.717) is 11.3 Å². The number of phenolic OH excluding ortho intramolecular Hbond substituents is 1. The minimum absolute atomic E-state index is 0.123. The molecule has 1 heterocycles. The van der Waals surface area contributed by atoms with Gasteiger partial charge < -0.3 is 15.4 Å². The number of rotatable bonds is 2. The Labute approximate surface area is 109 Å². The van der Waals surface area contributed by atoms with Crippen LogP contribution >= 0.6 is 0 Å². The molecule has 3 rings (SSSR count). The first kappa shape index (κ1) is 11.3. The third kappa shape index (κ3) is 2.15. The van der Waals surface area contributed by atoms with Crippen LogP contribution in [0.25, 0.3) is 10.9 Å². The van der Waals surface area contributed by atoms with E-state index in [-0.39, 0.29) is 11.7 Å². The Morgan fingerprint density at radius 1 is 1.11 bits per heavy atom. The van der Waals surface area contributed by atoms with Gasteiger partial charge in [0.2, 0.25) is 0 Å². The summed E-state index contributed by atoms with van der Waals surface area (Å²) < 4.78 is 0. The molecule has 19 heavy (non-hydrogen) atoms. The number of fused-ring (bicyclic) bond motifs is 1. The van der Waals surface area contributed by atoms with Crippen LogP contribution in [0, 0.1) is 0 Å². The van der Waals surface area contributed by atoms with Gasteiger partial charge in [-0.25, -0.2) is 0 Å². The Kier molecular flexibility index (Phi) is 2.68. The van der Waals surface area contributed by atoms with E-state index in [2.05, 4.69) is 10.3 Å². The van der Waals surface area contributed by atoms with Crippen molar-refractivity contribution in [3.8, 4) is 5.75 Å². The van der Waals surface area contributed by atoms with Crippen LogP contribution in [-0.2, 0) is 0 Å². The van der Waals surface area contributed by atoms with Crippen molar-refractivity contribution in [2.75, 3.05) is 5.32 Å². The summed E-state index contributed by atoms with van der Waals surface area (Å²) >= 11 is 0. The predicted octanol–water partition coefficient (Wildman–Crippen LogP) is 3.13. The number of carbonyl (C=O) groups excluding carboxylic acids is 1. The van der Waals surface area contributed by atoms with Crippen molar-refractivity contribution in [2.24, 2.45) is 0 Å². The van der Waals surface area contributed by atoms with Crippen LogP contribution in [0.2, 0.25) is 0 Å². The molecular weight excluding hydrogens is 240 g/mol. The maximum atomic E-state index is 12.2. The van der Waals surface area contributed by atoms with Crippen molar-refractivity contribution in [1.29, 1.82) is 0 Å². The number of phenols is 1. The fourth-order valence-corrected chi connectivity index (χ4v) is 2.07. The lowest BCUT2D eigenvalue weighted by molar-refractivity contribution is 0.102. The van der Waals surface area contributed by atoms with E-state index in [4.69, 9.17) is 0 Å². The number of anilines is 1. The predicted molar refractivity (Wildman–Crippen MR) is 74.4 cm³/mol. The third-order valence-corrected chi connectivity index (χ3v) is 2.94. The minimum Gasteiger partial charge on any atom is -0.508 e. The van der Waals surface area contributed by atoms with Gasteiger partial charge >= 0.3 is 0 Å². The molecule has 0 atom stereocenters. The molecule has 0 saturated carbocycles. The molecule has 1 aromatic heterocycles. The number of carbonyl (C=O) groups is 1. The zero-order valence-electron chi connectivity index (χ0n) is 10.1. The second-order valence-electron chi connectivity index (χ2n) is 4.25. The molecule has 0 radical (unpaired) electrons. The number of H-pyrrole nitrogens is 1. The van der Waals surface area contributed by atoms with E-state index in [0.717, 1.165) is 10.9 Å². The van der Waals surface area contributed by atoms with Gasteiger partial charge in [-0.2, -0.15) is 0 Å². The Hall–Kier alpha value is -2.75. The minimum atomic E-state index is -0.198. The van der Waals surface area contributed by atoms with Crippen molar-refractivity contribution >= 4 is 22.5 Å². The van der Waals surface area contributed by atoms with Crippen molar-refractivity contribution in [2.45, 2.75) is 0 Å².